The zero-order valence-corrected chi connectivity index (χ0v) is 31.4. The first-order valence-corrected chi connectivity index (χ1v) is 19.4. The summed E-state index contributed by atoms with van der Waals surface area (Å²) in [5, 5.41) is 12.2. The second-order valence-corrected chi connectivity index (χ2v) is 18.2. The van der Waals surface area contributed by atoms with Gasteiger partial charge in [-0.05, 0) is 81.6 Å². The molecule has 0 N–H and O–H groups in total. The second kappa shape index (κ2) is 9.66. The Kier molecular flexibility index (Phi) is 4.93. The molecule has 2 nitrogen and oxygen atoms in total. The van der Waals surface area contributed by atoms with Crippen LogP contribution < -0.4 is 0 Å². The molecule has 0 saturated carbocycles. The first-order chi connectivity index (χ1) is 26.8. The summed E-state index contributed by atoms with van der Waals surface area (Å²) >= 11 is 1.83. The molecular formula is C50H38N2S. The lowest BCUT2D eigenvalue weighted by Gasteiger charge is -2.26. The molecule has 0 aliphatic carbocycles. The van der Waals surface area contributed by atoms with E-state index in [0.717, 1.165) is 27.2 Å². The molecule has 3 heteroatoms. The topological polar surface area (TPSA) is 8.82 Å². The quantitative estimate of drug-likeness (QED) is 0.161. The lowest BCUT2D eigenvalue weighted by molar-refractivity contribution is 0.569. The molecule has 0 fully saturated rings. The van der Waals surface area contributed by atoms with Crippen molar-refractivity contribution < 1.29 is 4.11 Å². The van der Waals surface area contributed by atoms with Gasteiger partial charge in [0.15, 0.2) is 0 Å². The van der Waals surface area contributed by atoms with Crippen LogP contribution in [0, 0.1) is 0 Å². The van der Waals surface area contributed by atoms with Crippen molar-refractivity contribution in [2.24, 2.45) is 0 Å². The summed E-state index contributed by atoms with van der Waals surface area (Å²) < 4.78 is 36.5. The van der Waals surface area contributed by atoms with E-state index in [1.165, 1.54) is 74.7 Å². The van der Waals surface area contributed by atoms with Gasteiger partial charge in [-0.1, -0.05) is 114 Å². The van der Waals surface area contributed by atoms with Gasteiger partial charge in [0.25, 0.3) is 0 Å². The molecule has 0 spiro atoms. The molecule has 0 amide bonds. The predicted octanol–water partition coefficient (Wildman–Crippen LogP) is 14.6. The summed E-state index contributed by atoms with van der Waals surface area (Å²) in [5.74, 6) is 0. The van der Waals surface area contributed by atoms with Gasteiger partial charge in [0, 0.05) is 63.3 Å². The third-order valence-corrected chi connectivity index (χ3v) is 12.9. The highest BCUT2D eigenvalue weighted by Crippen LogP contribution is 2.49. The van der Waals surface area contributed by atoms with E-state index in [1.54, 1.807) is 0 Å². The summed E-state index contributed by atoms with van der Waals surface area (Å²) in [4.78, 5) is 0. The van der Waals surface area contributed by atoms with Crippen LogP contribution in [-0.4, -0.2) is 8.80 Å². The number of nitrogens with zero attached hydrogens (tertiary/aromatic N) is 2. The number of hydrogen-bond donors (Lipinski definition) is 0. The minimum Gasteiger partial charge on any atom is -0.308 e. The summed E-state index contributed by atoms with van der Waals surface area (Å²) in [6.45, 7) is 12.5. The van der Waals surface area contributed by atoms with Crippen LogP contribution in [0.15, 0.2) is 121 Å². The van der Waals surface area contributed by atoms with Gasteiger partial charge in [-0.3, -0.25) is 0 Å². The molecule has 5 aromatic heterocycles. The smallest absolute Gasteiger partial charge is 0.0632 e. The highest BCUT2D eigenvalue weighted by Gasteiger charge is 2.26. The van der Waals surface area contributed by atoms with E-state index >= 15 is 0 Å². The highest BCUT2D eigenvalue weighted by molar-refractivity contribution is 7.26. The predicted molar refractivity (Wildman–Crippen MR) is 231 cm³/mol. The van der Waals surface area contributed by atoms with Crippen LogP contribution in [0.5, 0.6) is 0 Å². The standard InChI is InChI=1S/C50H38N2S/c1-49(2,3)29-20-27(21-30(24-29)50(4,5)6)28-22-37-36-26-41-35(33-15-11-14-32-31-12-7-9-16-39(31)51(41)47(32)33)25-42(36)52-40-18-19-44-46(45(40)38(23-28)48(37)52)34-13-8-10-17-43(34)53-44/h7-26H,1-6H3/i20D,21D,24D. The molecule has 0 aliphatic rings. The monoisotopic (exact) mass is 701 g/mol. The summed E-state index contributed by atoms with van der Waals surface area (Å²) in [6.07, 6.45) is 0. The van der Waals surface area contributed by atoms with Crippen LogP contribution in [0.3, 0.4) is 0 Å². The Morgan fingerprint density at radius 2 is 1.02 bits per heavy atom. The van der Waals surface area contributed by atoms with Gasteiger partial charge in [-0.25, -0.2) is 0 Å². The number of thiophene rings is 1. The fourth-order valence-electron chi connectivity index (χ4n) is 9.28. The van der Waals surface area contributed by atoms with E-state index in [0.29, 0.717) is 22.7 Å². The molecule has 254 valence electrons. The van der Waals surface area contributed by atoms with Crippen molar-refractivity contribution in [3.05, 3.63) is 132 Å². The number of rotatable bonds is 1. The van der Waals surface area contributed by atoms with E-state index in [2.05, 4.69) is 153 Å². The van der Waals surface area contributed by atoms with E-state index in [1.807, 2.05) is 11.3 Å². The maximum absolute atomic E-state index is 9.81. The third kappa shape index (κ3) is 3.78. The van der Waals surface area contributed by atoms with E-state index in [4.69, 9.17) is 0 Å². The zero-order valence-electron chi connectivity index (χ0n) is 33.6. The highest BCUT2D eigenvalue weighted by atomic mass is 32.1. The lowest BCUT2D eigenvalue weighted by atomic mass is 9.79. The average molecular weight is 702 g/mol. The lowest BCUT2D eigenvalue weighted by Crippen LogP contribution is -2.16. The van der Waals surface area contributed by atoms with Gasteiger partial charge in [0.05, 0.1) is 37.2 Å². The van der Waals surface area contributed by atoms with Gasteiger partial charge in [-0.2, -0.15) is 0 Å². The van der Waals surface area contributed by atoms with E-state index in [9.17, 15) is 4.11 Å². The largest absolute Gasteiger partial charge is 0.308 e. The molecule has 5 heterocycles. The molecule has 0 radical (unpaired) electrons. The first kappa shape index (κ1) is 27.0. The maximum atomic E-state index is 9.81. The van der Waals surface area contributed by atoms with E-state index in [-0.39, 0.29) is 12.1 Å². The summed E-state index contributed by atoms with van der Waals surface area (Å²) in [5.41, 5.74) is 9.08. The molecule has 12 rings (SSSR count). The van der Waals surface area contributed by atoms with Gasteiger partial charge < -0.3 is 8.80 Å². The fraction of sp³-hybridized carbons (Fsp3) is 0.160. The molecule has 0 aliphatic heterocycles. The minimum atomic E-state index is -0.456. The first-order valence-electron chi connectivity index (χ1n) is 20.1. The summed E-state index contributed by atoms with van der Waals surface area (Å²) in [7, 11) is 0. The Hall–Kier alpha value is -5.64. The van der Waals surface area contributed by atoms with E-state index < -0.39 is 10.8 Å². The van der Waals surface area contributed by atoms with Crippen molar-refractivity contribution in [1.82, 2.24) is 8.80 Å². The molecule has 0 saturated heterocycles. The van der Waals surface area contributed by atoms with Crippen molar-refractivity contribution in [2.75, 3.05) is 0 Å². The number of aromatic nitrogens is 2. The Labute approximate surface area is 315 Å². The average Bonchev–Trinajstić information content (AvgIpc) is 3.93. The zero-order chi connectivity index (χ0) is 38.3. The van der Waals surface area contributed by atoms with Crippen LogP contribution in [0.25, 0.3) is 107 Å². The van der Waals surface area contributed by atoms with Gasteiger partial charge in [-0.15, -0.1) is 11.3 Å². The molecule has 0 bridgehead atoms. The molecule has 53 heavy (non-hydrogen) atoms. The Morgan fingerprint density at radius 1 is 0.434 bits per heavy atom. The Morgan fingerprint density at radius 3 is 1.75 bits per heavy atom. The molecule has 0 unspecified atom stereocenters. The second-order valence-electron chi connectivity index (χ2n) is 17.1. The van der Waals surface area contributed by atoms with Crippen LogP contribution in [-0.2, 0) is 10.8 Å². The Balaban J connectivity index is 1.33. The molecule has 0 atom stereocenters. The third-order valence-electron chi connectivity index (χ3n) is 11.8. The minimum absolute atomic E-state index is 0.283. The van der Waals surface area contributed by atoms with Crippen LogP contribution in [0.2, 0.25) is 0 Å². The number of para-hydroxylation sites is 2. The van der Waals surface area contributed by atoms with Gasteiger partial charge in [0.2, 0.25) is 0 Å². The van der Waals surface area contributed by atoms with Crippen molar-refractivity contribution >= 4 is 108 Å². The van der Waals surface area contributed by atoms with Gasteiger partial charge in [0.1, 0.15) is 0 Å². The van der Waals surface area contributed by atoms with Crippen LogP contribution >= 0.6 is 11.3 Å². The van der Waals surface area contributed by atoms with Crippen molar-refractivity contribution in [1.29, 1.82) is 0 Å². The van der Waals surface area contributed by atoms with Crippen molar-refractivity contribution in [2.45, 2.75) is 52.4 Å². The van der Waals surface area contributed by atoms with Gasteiger partial charge >= 0.3 is 0 Å². The molecule has 7 aromatic carbocycles. The SMILES string of the molecule is [2H]c1c(-c2cc3c4cc5c(cc4n4c6ccc7sc8ccccc8c7c6c(c2)c34)c2cccc3c4ccccc4n5c32)c([2H])c(C(C)(C)C)c([2H])c1C(C)(C)C. The molecular weight excluding hydrogens is 661 g/mol. The van der Waals surface area contributed by atoms with Crippen molar-refractivity contribution in [3.8, 4) is 11.1 Å². The number of hydrogen-bond acceptors (Lipinski definition) is 1. The number of benzene rings is 7. The van der Waals surface area contributed by atoms with Crippen LogP contribution in [0.4, 0.5) is 0 Å². The molecule has 12 aromatic rings. The normalized spacial score (nSPS) is 14.3. The fourth-order valence-corrected chi connectivity index (χ4v) is 10.4. The Bertz CT molecular complexity index is 3660. The van der Waals surface area contributed by atoms with Crippen LogP contribution in [0.1, 0.15) is 56.8 Å². The summed E-state index contributed by atoms with van der Waals surface area (Å²) in [6, 6.07) is 38.9. The number of fused-ring (bicyclic) bond motifs is 16. The van der Waals surface area contributed by atoms with Crippen molar-refractivity contribution in [3.63, 3.8) is 0 Å². The maximum Gasteiger partial charge on any atom is 0.0632 e.